The second-order valence-corrected chi connectivity index (χ2v) is 45.8. The summed E-state index contributed by atoms with van der Waals surface area (Å²) < 4.78 is 46.2. The van der Waals surface area contributed by atoms with Crippen LogP contribution in [0.25, 0.3) is 85.4 Å². The molecule has 32 heteroatoms. The summed E-state index contributed by atoms with van der Waals surface area (Å²) in [4.78, 5) is 135. The molecule has 0 bridgehead atoms. The Balaban J connectivity index is 0.000000135. The number of likely N-dealkylation sites (tertiary alicyclic amines) is 4. The highest BCUT2D eigenvalue weighted by Gasteiger charge is 2.47. The van der Waals surface area contributed by atoms with Crippen molar-refractivity contribution < 1.29 is 51.5 Å². The van der Waals surface area contributed by atoms with Crippen LogP contribution in [0, 0.1) is 41.1 Å². The quantitative estimate of drug-likeness (QED) is 0.0226. The van der Waals surface area contributed by atoms with E-state index in [0.717, 1.165) is 254 Å². The molecule has 8 N–H and O–H groups in total. The minimum atomic E-state index is -0.521. The Kier molecular flexibility index (Phi) is 37.1. The van der Waals surface area contributed by atoms with Gasteiger partial charge >= 0.3 is 0 Å². The molecule has 8 aromatic carbocycles. The van der Waals surface area contributed by atoms with E-state index in [9.17, 15) is 51.5 Å². The lowest BCUT2D eigenvalue weighted by molar-refractivity contribution is -0.139. The Morgan fingerprint density at radius 1 is 0.297 bits per heavy atom. The highest BCUT2D eigenvalue weighted by atomic mass is 35.5. The average Bonchev–Trinajstić information content (AvgIpc) is 1.63. The molecule has 4 saturated carbocycles. The zero-order valence-electron chi connectivity index (χ0n) is 86.0. The van der Waals surface area contributed by atoms with Crippen molar-refractivity contribution in [1.82, 2.24) is 82.1 Å². The first-order valence-corrected chi connectivity index (χ1v) is 57.2. The number of aromatic nitrogens is 4. The first-order valence-electron chi connectivity index (χ1n) is 53.6. The number of hydrogen-bond acceptors (Lipinski definition) is 20. The first kappa shape index (κ1) is 108. The first-order chi connectivity index (χ1) is 71.8. The lowest BCUT2D eigenvalue weighted by Crippen LogP contribution is -2.55. The summed E-state index contributed by atoms with van der Waals surface area (Å²) in [6.45, 7) is 9.95. The molecule has 148 heavy (non-hydrogen) atoms. The van der Waals surface area contributed by atoms with Crippen molar-refractivity contribution in [3.8, 4) is 44.5 Å². The number of nitrogens with zero attached hydrogens (tertiary/aromatic N) is 8. The van der Waals surface area contributed by atoms with Crippen molar-refractivity contribution in [1.29, 1.82) is 0 Å². The average molecular weight is 2110 g/mol. The molecule has 0 spiro atoms. The van der Waals surface area contributed by atoms with Gasteiger partial charge in [-0.2, -0.15) is 0 Å². The van der Waals surface area contributed by atoms with Gasteiger partial charge in [0.15, 0.2) is 0 Å². The largest absolute Gasteiger partial charge is 0.343 e. The Bertz CT molecular complexity index is 6420. The summed E-state index contributed by atoms with van der Waals surface area (Å²) in [7, 11) is 7.03. The van der Waals surface area contributed by atoms with E-state index in [0.29, 0.717) is 36.8 Å². The van der Waals surface area contributed by atoms with Gasteiger partial charge in [0.1, 0.15) is 61.6 Å². The second kappa shape index (κ2) is 50.7. The normalized spacial score (nSPS) is 20.2. The van der Waals surface area contributed by atoms with Crippen LogP contribution in [0.5, 0.6) is 0 Å². The monoisotopic (exact) mass is 2100 g/mol. The van der Waals surface area contributed by atoms with Crippen LogP contribution in [-0.2, 0) is 38.4 Å². The van der Waals surface area contributed by atoms with E-state index in [4.69, 9.17) is 31.5 Å². The molecule has 12 aromatic rings. The Hall–Kier alpha value is -11.0. The minimum absolute atomic E-state index is 0.000337. The van der Waals surface area contributed by atoms with Gasteiger partial charge in [-0.05, 0) is 266 Å². The van der Waals surface area contributed by atoms with Crippen LogP contribution >= 0.6 is 56.9 Å². The number of hydrogen-bond donors (Lipinski definition) is 8. The highest BCUT2D eigenvalue weighted by Crippen LogP contribution is 2.48. The zero-order valence-corrected chi connectivity index (χ0v) is 90.0. The molecular weight excluding hydrogens is 1970 g/mol. The van der Waals surface area contributed by atoms with E-state index in [1.54, 1.807) is 104 Å². The molecule has 8 aliphatic rings. The zero-order chi connectivity index (χ0) is 104. The third-order valence-electron chi connectivity index (χ3n) is 31.7. The van der Waals surface area contributed by atoms with Gasteiger partial charge < -0.3 is 62.1 Å². The molecule has 24 nitrogen and oxygen atoms in total. The molecule has 0 radical (unpaired) electrons. The number of benzene rings is 8. The highest BCUT2D eigenvalue weighted by molar-refractivity contribution is 7.19. The number of carbonyl (C=O) groups is 8. The molecule has 4 aliphatic heterocycles. The van der Waals surface area contributed by atoms with Gasteiger partial charge in [-0.3, -0.25) is 38.4 Å². The van der Waals surface area contributed by atoms with Crippen LogP contribution in [0.1, 0.15) is 252 Å². The fraction of sp³-hybridized carbons (Fsp3) is 0.483. The number of rotatable bonds is 28. The van der Waals surface area contributed by atoms with Crippen LogP contribution in [0.2, 0.25) is 5.02 Å². The molecule has 12 atom stereocenters. The van der Waals surface area contributed by atoms with Crippen molar-refractivity contribution in [3.63, 3.8) is 0 Å². The summed E-state index contributed by atoms with van der Waals surface area (Å²) in [5.74, 6) is -0.618. The lowest BCUT2D eigenvalue weighted by Gasteiger charge is -2.35. The minimum Gasteiger partial charge on any atom is -0.343 e. The molecule has 8 heterocycles. The summed E-state index contributed by atoms with van der Waals surface area (Å²) in [6.07, 6.45) is 28.3. The predicted molar refractivity (Wildman–Crippen MR) is 588 cm³/mol. The number of halogens is 4. The van der Waals surface area contributed by atoms with Gasteiger partial charge in [0, 0.05) is 59.0 Å². The molecule has 8 amide bonds. The van der Waals surface area contributed by atoms with E-state index >= 15 is 0 Å². The number of nitrogens with one attached hydrogen (secondary N) is 8. The number of thiazole rings is 4. The van der Waals surface area contributed by atoms with Crippen LogP contribution in [0.4, 0.5) is 13.2 Å². The maximum Gasteiger partial charge on any atom is 0.246 e. The number of amides is 8. The number of para-hydroxylation sites is 4. The SMILES string of the molecule is CN[C@@H](C)C(=O)N[C@H](C(=O)N1CCC[C@H]1c1nc2c(-c3ccc(Cl)cc3)cccc2s1)C1CCCCC1.CN[C@@H](C)C(=O)N[C@H](C(=O)N1CCC[C@H]1c1nc2c(-c3ccc(F)cc3)cccc2s1)C1CCCCC1.CN[C@@H](C)C(=O)N[C@H](C(=O)N1CCC[C@H]1c1nc2c(-c3cccc(F)c3)cccc2s1)C1CCCCC1.CN[C@@H](C)C(=O)N[C@H](C(=O)N1CCC[C@H]1c1nc2c(-c3ccccc3F)cccc2s1)C1CCCCC1. The summed E-state index contributed by atoms with van der Waals surface area (Å²) >= 11 is 12.6. The van der Waals surface area contributed by atoms with Gasteiger partial charge in [-0.25, -0.2) is 33.1 Å². The Labute approximate surface area is 887 Å². The standard InChI is InChI=1S/C29H35ClN4O2S.3C29H35FN4O2S/c1-18(31-2)27(35)32-25(20-8-4-3-5-9-20)29(36)34-17-7-11-23(34)28-33-26-22(10-6-12-24(26)37-28)19-13-15-21(30)16-14-19;1-18(31-2)27(35)32-25(19-9-4-3-5-10-19)29(36)34-16-8-14-23(34)28-33-26-22(13-7-15-24(26)37-28)20-11-6-12-21(30)17-20;1-18(31-2)27(35)32-25(20-8-4-3-5-9-20)29(36)34-17-7-11-23(34)28-33-26-22(10-6-12-24(26)37-28)19-13-15-21(30)16-14-19;1-18(31-2)27(35)32-25(19-10-4-3-5-11-19)29(36)34-17-9-15-23(34)28-33-26-21(13-8-16-24(26)37-28)20-12-6-7-14-22(20)30/h6,10,12-16,18,20,23,25,31H,3-5,7-9,11,17H2,1-2H3,(H,32,35);6-7,11-13,15,17-19,23,25,31H,3-5,8-10,14,16H2,1-2H3,(H,32,35);6,10,12-16,18,20,23,25,31H,3-5,7-9,11,17H2,1-2H3,(H,32,35);6-8,12-14,16,18-19,23,25,31H,3-5,9-11,15,17H2,1-2H3,(H,32,35)/t4*18-,23-,25-/m0000/s1. The van der Waals surface area contributed by atoms with Crippen LogP contribution in [0.3, 0.4) is 0 Å². The van der Waals surface area contributed by atoms with Gasteiger partial charge in [0.05, 0.1) is 89.2 Å². The Morgan fingerprint density at radius 2 is 0.568 bits per heavy atom. The van der Waals surface area contributed by atoms with Crippen molar-refractivity contribution in [2.45, 2.75) is 280 Å². The number of fused-ring (bicyclic) bond motifs is 4. The van der Waals surface area contributed by atoms with E-state index in [-0.39, 0.29) is 137 Å². The third-order valence-corrected chi connectivity index (χ3v) is 36.4. The van der Waals surface area contributed by atoms with E-state index in [1.165, 1.54) is 56.0 Å². The lowest BCUT2D eigenvalue weighted by atomic mass is 9.83. The molecule has 784 valence electrons. The summed E-state index contributed by atoms with van der Waals surface area (Å²) in [5.41, 5.74) is 10.5. The fourth-order valence-electron chi connectivity index (χ4n) is 22.8. The molecular formula is C116H140ClF3N16O8S4. The van der Waals surface area contributed by atoms with Gasteiger partial charge in [0.2, 0.25) is 47.3 Å². The molecule has 0 unspecified atom stereocenters. The summed E-state index contributed by atoms with van der Waals surface area (Å²) in [5, 5.41) is 28.8. The molecule has 8 fully saturated rings. The maximum atomic E-state index is 14.6. The van der Waals surface area contributed by atoms with Crippen molar-refractivity contribution in [2.24, 2.45) is 23.7 Å². The van der Waals surface area contributed by atoms with E-state index in [2.05, 4.69) is 66.8 Å². The van der Waals surface area contributed by atoms with E-state index in [1.807, 2.05) is 132 Å². The topological polar surface area (TPSA) is 297 Å². The predicted octanol–water partition coefficient (Wildman–Crippen LogP) is 22.3. The van der Waals surface area contributed by atoms with E-state index < -0.39 is 24.2 Å². The van der Waals surface area contributed by atoms with Gasteiger partial charge in [0.25, 0.3) is 0 Å². The van der Waals surface area contributed by atoms with Crippen LogP contribution < -0.4 is 42.5 Å². The smallest absolute Gasteiger partial charge is 0.246 e. The van der Waals surface area contributed by atoms with Gasteiger partial charge in [-0.1, -0.05) is 192 Å². The van der Waals surface area contributed by atoms with Crippen LogP contribution in [0.15, 0.2) is 170 Å². The maximum absolute atomic E-state index is 14.6. The second-order valence-electron chi connectivity index (χ2n) is 41.2. The van der Waals surface area contributed by atoms with Crippen molar-refractivity contribution in [2.75, 3.05) is 54.4 Å². The number of likely N-dealkylation sites (N-methyl/N-ethyl adjacent to an activating group) is 4. The third kappa shape index (κ3) is 25.2. The van der Waals surface area contributed by atoms with Crippen molar-refractivity contribution in [3.05, 3.63) is 212 Å². The molecule has 4 aromatic heterocycles. The van der Waals surface area contributed by atoms with Gasteiger partial charge in [-0.15, -0.1) is 45.3 Å². The fourth-order valence-corrected chi connectivity index (χ4v) is 27.5. The summed E-state index contributed by atoms with van der Waals surface area (Å²) in [6, 6.07) is 47.9. The van der Waals surface area contributed by atoms with Crippen LogP contribution in [-0.4, -0.2) is 189 Å². The molecule has 4 aliphatic carbocycles. The Morgan fingerprint density at radius 3 is 0.865 bits per heavy atom. The molecule has 4 saturated heterocycles. The van der Waals surface area contributed by atoms with Crippen molar-refractivity contribution >= 4 is 145 Å². The number of carbonyl (C=O) groups excluding carboxylic acids is 8. The molecule has 20 rings (SSSR count).